The number of nitrogens with zero attached hydrogens (tertiary/aromatic N) is 1. The molecule has 1 unspecified atom stereocenters. The van der Waals surface area contributed by atoms with Crippen LogP contribution >= 0.6 is 11.6 Å². The van der Waals surface area contributed by atoms with Crippen molar-refractivity contribution in [3.05, 3.63) is 63.0 Å². The lowest BCUT2D eigenvalue weighted by Crippen LogP contribution is -2.32. The van der Waals surface area contributed by atoms with Crippen LogP contribution in [0.25, 0.3) is 0 Å². The zero-order valence-corrected chi connectivity index (χ0v) is 12.9. The number of aryl methyl sites for hydroxylation is 2. The molecule has 1 N–H and O–H groups in total. The van der Waals surface area contributed by atoms with E-state index in [4.69, 9.17) is 11.6 Å². The largest absolute Gasteiger partial charge is 0.324 e. The highest BCUT2D eigenvalue weighted by molar-refractivity contribution is 6.31. The van der Waals surface area contributed by atoms with Crippen LogP contribution in [-0.4, -0.2) is 10.5 Å². The summed E-state index contributed by atoms with van der Waals surface area (Å²) in [6.45, 7) is 5.39. The Hall–Kier alpha value is -2.07. The van der Waals surface area contributed by atoms with Gasteiger partial charge in [-0.3, -0.25) is 9.59 Å². The minimum Gasteiger partial charge on any atom is -0.324 e. The Bertz CT molecular complexity index is 737. The standard InChI is InChI=1S/C16H17ClN2O2/c1-10-7-8-13(9-14(10)17)18-16(21)12(3)19-11(2)5-4-6-15(19)20/h4-9,12H,1-3H3,(H,18,21). The molecule has 1 heterocycles. The number of hydrogen-bond donors (Lipinski definition) is 1. The number of benzene rings is 1. The molecule has 1 aromatic carbocycles. The number of carbonyl (C=O) groups is 1. The third-order valence-electron chi connectivity index (χ3n) is 3.40. The van der Waals surface area contributed by atoms with Gasteiger partial charge < -0.3 is 9.88 Å². The Morgan fingerprint density at radius 3 is 2.57 bits per heavy atom. The van der Waals surface area contributed by atoms with Crippen LogP contribution in [0.4, 0.5) is 5.69 Å². The molecule has 0 bridgehead atoms. The number of hydrogen-bond acceptors (Lipinski definition) is 2. The Kier molecular flexibility index (Phi) is 4.48. The molecular weight excluding hydrogens is 288 g/mol. The van der Waals surface area contributed by atoms with Crippen LogP contribution in [0.3, 0.4) is 0 Å². The molecule has 1 atom stereocenters. The van der Waals surface area contributed by atoms with Crippen LogP contribution in [-0.2, 0) is 4.79 Å². The second-order valence-corrected chi connectivity index (χ2v) is 5.41. The van der Waals surface area contributed by atoms with Crippen LogP contribution in [0.2, 0.25) is 5.02 Å². The molecule has 0 fully saturated rings. The average Bonchev–Trinajstić information content (AvgIpc) is 2.42. The van der Waals surface area contributed by atoms with Crippen LogP contribution in [0, 0.1) is 13.8 Å². The summed E-state index contributed by atoms with van der Waals surface area (Å²) < 4.78 is 1.46. The molecule has 0 aliphatic heterocycles. The summed E-state index contributed by atoms with van der Waals surface area (Å²) in [6.07, 6.45) is 0. The number of halogens is 1. The average molecular weight is 305 g/mol. The summed E-state index contributed by atoms with van der Waals surface area (Å²) in [5, 5.41) is 3.37. The van der Waals surface area contributed by atoms with Gasteiger partial charge in [0.2, 0.25) is 5.91 Å². The topological polar surface area (TPSA) is 51.1 Å². The highest BCUT2D eigenvalue weighted by atomic mass is 35.5. The molecular formula is C16H17ClN2O2. The Morgan fingerprint density at radius 2 is 1.95 bits per heavy atom. The monoisotopic (exact) mass is 304 g/mol. The van der Waals surface area contributed by atoms with E-state index in [0.29, 0.717) is 10.7 Å². The first-order valence-electron chi connectivity index (χ1n) is 6.65. The van der Waals surface area contributed by atoms with E-state index in [0.717, 1.165) is 11.3 Å². The molecule has 110 valence electrons. The molecule has 4 nitrogen and oxygen atoms in total. The predicted molar refractivity (Wildman–Crippen MR) is 85.0 cm³/mol. The molecule has 0 radical (unpaired) electrons. The van der Waals surface area contributed by atoms with Gasteiger partial charge in [-0.05, 0) is 44.5 Å². The smallest absolute Gasteiger partial charge is 0.251 e. The van der Waals surface area contributed by atoms with Crippen molar-refractivity contribution < 1.29 is 4.79 Å². The summed E-state index contributed by atoms with van der Waals surface area (Å²) in [5.41, 5.74) is 2.11. The zero-order chi connectivity index (χ0) is 15.6. The maximum absolute atomic E-state index is 12.3. The first-order chi connectivity index (χ1) is 9.90. The fourth-order valence-electron chi connectivity index (χ4n) is 2.13. The molecule has 0 saturated carbocycles. The number of amides is 1. The Morgan fingerprint density at radius 1 is 1.24 bits per heavy atom. The maximum atomic E-state index is 12.3. The second kappa shape index (κ2) is 6.14. The van der Waals surface area contributed by atoms with Gasteiger partial charge in [0, 0.05) is 22.5 Å². The molecule has 0 saturated heterocycles. The first kappa shape index (κ1) is 15.3. The van der Waals surface area contributed by atoms with Gasteiger partial charge in [-0.15, -0.1) is 0 Å². The number of rotatable bonds is 3. The minimum atomic E-state index is -0.598. The summed E-state index contributed by atoms with van der Waals surface area (Å²) in [7, 11) is 0. The van der Waals surface area contributed by atoms with Gasteiger partial charge in [0.1, 0.15) is 6.04 Å². The van der Waals surface area contributed by atoms with E-state index in [1.807, 2.05) is 13.0 Å². The lowest BCUT2D eigenvalue weighted by molar-refractivity contribution is -0.118. The van der Waals surface area contributed by atoms with Crippen molar-refractivity contribution in [2.75, 3.05) is 5.32 Å². The predicted octanol–water partition coefficient (Wildman–Crippen LogP) is 3.32. The summed E-state index contributed by atoms with van der Waals surface area (Å²) >= 11 is 6.04. The van der Waals surface area contributed by atoms with Gasteiger partial charge in [0.15, 0.2) is 0 Å². The molecule has 0 spiro atoms. The third kappa shape index (κ3) is 3.34. The van der Waals surface area contributed by atoms with Crippen molar-refractivity contribution in [1.82, 2.24) is 4.57 Å². The quantitative estimate of drug-likeness (QED) is 0.945. The Labute approximate surface area is 128 Å². The maximum Gasteiger partial charge on any atom is 0.251 e. The van der Waals surface area contributed by atoms with Crippen molar-refractivity contribution in [2.24, 2.45) is 0 Å². The van der Waals surface area contributed by atoms with Crippen molar-refractivity contribution in [3.8, 4) is 0 Å². The van der Waals surface area contributed by atoms with E-state index in [1.165, 1.54) is 10.6 Å². The van der Waals surface area contributed by atoms with Crippen LogP contribution < -0.4 is 10.9 Å². The van der Waals surface area contributed by atoms with Gasteiger partial charge in [0.05, 0.1) is 0 Å². The van der Waals surface area contributed by atoms with Crippen LogP contribution in [0.1, 0.15) is 24.2 Å². The van der Waals surface area contributed by atoms with E-state index in [2.05, 4.69) is 5.32 Å². The van der Waals surface area contributed by atoms with Crippen molar-refractivity contribution in [2.45, 2.75) is 26.8 Å². The normalized spacial score (nSPS) is 12.0. The molecule has 1 amide bonds. The molecule has 21 heavy (non-hydrogen) atoms. The second-order valence-electron chi connectivity index (χ2n) is 5.00. The number of anilines is 1. The molecule has 0 aliphatic rings. The van der Waals surface area contributed by atoms with E-state index < -0.39 is 6.04 Å². The van der Waals surface area contributed by atoms with Gasteiger partial charge in [-0.25, -0.2) is 0 Å². The van der Waals surface area contributed by atoms with Gasteiger partial charge in [-0.1, -0.05) is 23.7 Å². The van der Waals surface area contributed by atoms with E-state index >= 15 is 0 Å². The van der Waals surface area contributed by atoms with Crippen molar-refractivity contribution in [1.29, 1.82) is 0 Å². The van der Waals surface area contributed by atoms with Gasteiger partial charge >= 0.3 is 0 Å². The number of pyridine rings is 1. The van der Waals surface area contributed by atoms with Crippen molar-refractivity contribution in [3.63, 3.8) is 0 Å². The number of nitrogens with one attached hydrogen (secondary N) is 1. The zero-order valence-electron chi connectivity index (χ0n) is 12.2. The first-order valence-corrected chi connectivity index (χ1v) is 7.03. The Balaban J connectivity index is 2.24. The lowest BCUT2D eigenvalue weighted by Gasteiger charge is -2.17. The fourth-order valence-corrected chi connectivity index (χ4v) is 2.32. The lowest BCUT2D eigenvalue weighted by atomic mass is 10.2. The van der Waals surface area contributed by atoms with E-state index in [1.54, 1.807) is 38.1 Å². The number of aromatic nitrogens is 1. The summed E-state index contributed by atoms with van der Waals surface area (Å²) in [6, 6.07) is 9.64. The SMILES string of the molecule is Cc1ccc(NC(=O)C(C)n2c(C)cccc2=O)cc1Cl. The minimum absolute atomic E-state index is 0.195. The number of carbonyl (C=O) groups excluding carboxylic acids is 1. The fraction of sp³-hybridized carbons (Fsp3) is 0.250. The highest BCUT2D eigenvalue weighted by Gasteiger charge is 2.17. The summed E-state index contributed by atoms with van der Waals surface area (Å²) in [5.74, 6) is -0.258. The summed E-state index contributed by atoms with van der Waals surface area (Å²) in [4.78, 5) is 24.2. The molecule has 2 rings (SSSR count). The van der Waals surface area contributed by atoms with Crippen molar-refractivity contribution >= 4 is 23.2 Å². The molecule has 5 heteroatoms. The molecule has 0 aliphatic carbocycles. The molecule has 1 aromatic heterocycles. The highest BCUT2D eigenvalue weighted by Crippen LogP contribution is 2.21. The van der Waals surface area contributed by atoms with E-state index in [9.17, 15) is 9.59 Å². The van der Waals surface area contributed by atoms with Gasteiger partial charge in [0.25, 0.3) is 5.56 Å². The molecule has 2 aromatic rings. The van der Waals surface area contributed by atoms with Crippen LogP contribution in [0.5, 0.6) is 0 Å². The van der Waals surface area contributed by atoms with Crippen LogP contribution in [0.15, 0.2) is 41.2 Å². The third-order valence-corrected chi connectivity index (χ3v) is 3.81. The van der Waals surface area contributed by atoms with E-state index in [-0.39, 0.29) is 11.5 Å². The van der Waals surface area contributed by atoms with Gasteiger partial charge in [-0.2, -0.15) is 0 Å².